The fourth-order valence-electron chi connectivity index (χ4n) is 4.15. The molecule has 0 aliphatic rings. The van der Waals surface area contributed by atoms with Crippen molar-refractivity contribution in [2.24, 2.45) is 0 Å². The van der Waals surface area contributed by atoms with Gasteiger partial charge in [0.1, 0.15) is 11.6 Å². The first-order valence-electron chi connectivity index (χ1n) is 10.8. The van der Waals surface area contributed by atoms with E-state index in [1.54, 1.807) is 19.2 Å². The molecule has 1 atom stereocenters. The zero-order valence-corrected chi connectivity index (χ0v) is 18.3. The largest absolute Gasteiger partial charge is 0.497 e. The lowest BCUT2D eigenvalue weighted by Crippen LogP contribution is -2.25. The monoisotopic (exact) mass is 430 g/mol. The normalized spacial score (nSPS) is 12.0. The lowest BCUT2D eigenvalue weighted by atomic mass is 9.87. The number of nitrogens with one attached hydrogen (secondary N) is 2. The molecule has 4 nitrogen and oxygen atoms in total. The highest BCUT2D eigenvalue weighted by atomic mass is 19.1. The molecule has 5 heteroatoms. The van der Waals surface area contributed by atoms with Gasteiger partial charge in [0.05, 0.1) is 7.11 Å². The molecule has 32 heavy (non-hydrogen) atoms. The van der Waals surface area contributed by atoms with E-state index in [-0.39, 0.29) is 24.1 Å². The second-order valence-electron chi connectivity index (χ2n) is 7.87. The SMILES string of the molecule is CCc1cccc2c(C(CC(=O)NCc3ccc(F)cc3)c3cccc(OC)c3)c[nH]c12. The Morgan fingerprint density at radius 2 is 1.88 bits per heavy atom. The molecule has 1 aromatic heterocycles. The summed E-state index contributed by atoms with van der Waals surface area (Å²) in [6.07, 6.45) is 3.23. The van der Waals surface area contributed by atoms with Crippen molar-refractivity contribution in [1.29, 1.82) is 0 Å². The van der Waals surface area contributed by atoms with Crippen LogP contribution in [0.15, 0.2) is 72.9 Å². The molecule has 3 aromatic carbocycles. The number of benzene rings is 3. The Hall–Kier alpha value is -3.60. The molecule has 0 bridgehead atoms. The minimum atomic E-state index is -0.288. The summed E-state index contributed by atoms with van der Waals surface area (Å²) in [4.78, 5) is 16.4. The third-order valence-electron chi connectivity index (χ3n) is 5.88. The summed E-state index contributed by atoms with van der Waals surface area (Å²) >= 11 is 0. The zero-order valence-electron chi connectivity index (χ0n) is 18.3. The van der Waals surface area contributed by atoms with E-state index >= 15 is 0 Å². The number of amides is 1. The summed E-state index contributed by atoms with van der Waals surface area (Å²) in [6.45, 7) is 2.50. The predicted octanol–water partition coefficient (Wildman–Crippen LogP) is 5.72. The van der Waals surface area contributed by atoms with E-state index < -0.39 is 0 Å². The van der Waals surface area contributed by atoms with E-state index in [4.69, 9.17) is 4.74 Å². The summed E-state index contributed by atoms with van der Waals surface area (Å²) in [7, 11) is 1.64. The number of fused-ring (bicyclic) bond motifs is 1. The van der Waals surface area contributed by atoms with Gasteiger partial charge in [0, 0.05) is 36.0 Å². The average molecular weight is 431 g/mol. The van der Waals surface area contributed by atoms with Crippen LogP contribution in [0.3, 0.4) is 0 Å². The first-order chi connectivity index (χ1) is 15.6. The summed E-state index contributed by atoms with van der Waals surface area (Å²) in [5.74, 6) is 0.263. The van der Waals surface area contributed by atoms with Crippen molar-refractivity contribution in [2.75, 3.05) is 7.11 Å². The lowest BCUT2D eigenvalue weighted by Gasteiger charge is -2.18. The number of ether oxygens (including phenoxy) is 1. The molecule has 4 rings (SSSR count). The third kappa shape index (κ3) is 4.67. The smallest absolute Gasteiger partial charge is 0.221 e. The Morgan fingerprint density at radius 1 is 1.09 bits per heavy atom. The van der Waals surface area contributed by atoms with Gasteiger partial charge in [0.2, 0.25) is 5.91 Å². The van der Waals surface area contributed by atoms with Crippen molar-refractivity contribution in [2.45, 2.75) is 32.2 Å². The Morgan fingerprint density at radius 3 is 2.62 bits per heavy atom. The topological polar surface area (TPSA) is 54.1 Å². The Labute approximate surface area is 187 Å². The number of H-pyrrole nitrogens is 1. The van der Waals surface area contributed by atoms with Crippen LogP contribution in [-0.4, -0.2) is 18.0 Å². The van der Waals surface area contributed by atoms with Crippen molar-refractivity contribution in [3.63, 3.8) is 0 Å². The van der Waals surface area contributed by atoms with E-state index in [1.807, 2.05) is 30.5 Å². The average Bonchev–Trinajstić information content (AvgIpc) is 3.26. The number of rotatable bonds is 8. The third-order valence-corrected chi connectivity index (χ3v) is 5.88. The molecule has 1 unspecified atom stereocenters. The number of aromatic amines is 1. The fourth-order valence-corrected chi connectivity index (χ4v) is 4.15. The molecule has 1 heterocycles. The minimum Gasteiger partial charge on any atom is -0.497 e. The molecule has 164 valence electrons. The molecule has 0 fully saturated rings. The van der Waals surface area contributed by atoms with E-state index in [1.165, 1.54) is 17.7 Å². The first kappa shape index (κ1) is 21.6. The number of halogens is 1. The molecule has 0 spiro atoms. The highest BCUT2D eigenvalue weighted by Crippen LogP contribution is 2.35. The molecule has 0 saturated carbocycles. The zero-order chi connectivity index (χ0) is 22.5. The Balaban J connectivity index is 1.64. The molecule has 0 aliphatic carbocycles. The first-order valence-corrected chi connectivity index (χ1v) is 10.8. The summed E-state index contributed by atoms with van der Waals surface area (Å²) in [5.41, 5.74) is 5.32. The lowest BCUT2D eigenvalue weighted by molar-refractivity contribution is -0.121. The van der Waals surface area contributed by atoms with Crippen LogP contribution in [0.5, 0.6) is 5.75 Å². The summed E-state index contributed by atoms with van der Waals surface area (Å²) < 4.78 is 18.6. The molecule has 0 radical (unpaired) electrons. The second-order valence-corrected chi connectivity index (χ2v) is 7.87. The van der Waals surface area contributed by atoms with Crippen LogP contribution in [0.2, 0.25) is 0 Å². The predicted molar refractivity (Wildman–Crippen MR) is 125 cm³/mol. The van der Waals surface area contributed by atoms with Gasteiger partial charge in [-0.2, -0.15) is 0 Å². The molecular formula is C27H27FN2O2. The van der Waals surface area contributed by atoms with Gasteiger partial charge < -0.3 is 15.0 Å². The number of methoxy groups -OCH3 is 1. The van der Waals surface area contributed by atoms with Crippen LogP contribution in [0.4, 0.5) is 4.39 Å². The van der Waals surface area contributed by atoms with E-state index in [9.17, 15) is 9.18 Å². The van der Waals surface area contributed by atoms with Gasteiger partial charge in [-0.1, -0.05) is 49.4 Å². The highest BCUT2D eigenvalue weighted by molar-refractivity contribution is 5.88. The van der Waals surface area contributed by atoms with E-state index in [0.29, 0.717) is 6.54 Å². The van der Waals surface area contributed by atoms with Crippen LogP contribution in [0.25, 0.3) is 10.9 Å². The highest BCUT2D eigenvalue weighted by Gasteiger charge is 2.22. The van der Waals surface area contributed by atoms with Gasteiger partial charge in [-0.15, -0.1) is 0 Å². The van der Waals surface area contributed by atoms with Gasteiger partial charge in [-0.05, 0) is 52.9 Å². The summed E-state index contributed by atoms with van der Waals surface area (Å²) in [5, 5.41) is 4.11. The van der Waals surface area contributed by atoms with Crippen molar-refractivity contribution < 1.29 is 13.9 Å². The number of hydrogen-bond acceptors (Lipinski definition) is 2. The Kier molecular flexibility index (Phi) is 6.55. The van der Waals surface area contributed by atoms with Crippen LogP contribution >= 0.6 is 0 Å². The number of aryl methyl sites for hydroxylation is 1. The van der Waals surface area contributed by atoms with Gasteiger partial charge in [0.25, 0.3) is 0 Å². The maximum Gasteiger partial charge on any atom is 0.221 e. The summed E-state index contributed by atoms with van der Waals surface area (Å²) in [6, 6.07) is 20.3. The number of aromatic nitrogens is 1. The van der Waals surface area contributed by atoms with Crippen LogP contribution in [0, 0.1) is 5.82 Å². The number of carbonyl (C=O) groups excluding carboxylic acids is 1. The van der Waals surface area contributed by atoms with E-state index in [2.05, 4.69) is 35.4 Å². The van der Waals surface area contributed by atoms with Crippen molar-refractivity contribution >= 4 is 16.8 Å². The quantitative estimate of drug-likeness (QED) is 0.376. The van der Waals surface area contributed by atoms with Crippen molar-refractivity contribution in [1.82, 2.24) is 10.3 Å². The number of para-hydroxylation sites is 1. The molecule has 2 N–H and O–H groups in total. The minimum absolute atomic E-state index is 0.0665. The molecule has 1 amide bonds. The van der Waals surface area contributed by atoms with Gasteiger partial charge >= 0.3 is 0 Å². The standard InChI is InChI=1S/C27H27FN2O2/c1-3-19-6-5-9-23-25(17-30-27(19)23)24(20-7-4-8-22(14-20)32-2)15-26(31)29-16-18-10-12-21(28)13-11-18/h4-14,17,24,30H,3,15-16H2,1-2H3,(H,29,31). The van der Waals surface area contributed by atoms with Crippen molar-refractivity contribution in [3.8, 4) is 5.75 Å². The maximum absolute atomic E-state index is 13.1. The van der Waals surface area contributed by atoms with Crippen molar-refractivity contribution in [3.05, 3.63) is 101 Å². The van der Waals surface area contributed by atoms with Gasteiger partial charge in [0.15, 0.2) is 0 Å². The molecule has 0 aliphatic heterocycles. The van der Waals surface area contributed by atoms with Crippen LogP contribution < -0.4 is 10.1 Å². The van der Waals surface area contributed by atoms with Crippen LogP contribution in [-0.2, 0) is 17.8 Å². The number of carbonyl (C=O) groups is 1. The van der Waals surface area contributed by atoms with E-state index in [0.717, 1.165) is 39.8 Å². The maximum atomic E-state index is 13.1. The molecule has 0 saturated heterocycles. The fraction of sp³-hybridized carbons (Fsp3) is 0.222. The van der Waals surface area contributed by atoms with Crippen LogP contribution in [0.1, 0.15) is 41.5 Å². The van der Waals surface area contributed by atoms with Gasteiger partial charge in [-0.25, -0.2) is 4.39 Å². The Bertz CT molecular complexity index is 1210. The number of hydrogen-bond donors (Lipinski definition) is 2. The van der Waals surface area contributed by atoms with Gasteiger partial charge in [-0.3, -0.25) is 4.79 Å². The second kappa shape index (κ2) is 9.69. The molecular weight excluding hydrogens is 403 g/mol. The molecule has 4 aromatic rings.